The lowest BCUT2D eigenvalue weighted by Crippen LogP contribution is -2.54. The fourth-order valence-electron chi connectivity index (χ4n) is 2.03. The molecule has 2 heteroatoms. The zero-order valence-corrected chi connectivity index (χ0v) is 6.60. The van der Waals surface area contributed by atoms with E-state index in [4.69, 9.17) is 4.74 Å². The molecule has 2 saturated heterocycles. The molecule has 1 atom stereocenters. The van der Waals surface area contributed by atoms with Crippen LogP contribution in [0.5, 0.6) is 0 Å². The van der Waals surface area contributed by atoms with Crippen LogP contribution < -0.4 is 0 Å². The SMILES string of the molecule is CN1CCC[C@]2(CCO2)C1. The van der Waals surface area contributed by atoms with Gasteiger partial charge in [0.2, 0.25) is 0 Å². The minimum atomic E-state index is 0.299. The molecule has 0 saturated carbocycles. The zero-order chi connectivity index (χ0) is 7.03. The molecule has 0 radical (unpaired) electrons. The first-order chi connectivity index (χ1) is 4.81. The molecule has 0 N–H and O–H groups in total. The van der Waals surface area contributed by atoms with Crippen molar-refractivity contribution in [3.05, 3.63) is 0 Å². The summed E-state index contributed by atoms with van der Waals surface area (Å²) in [4.78, 5) is 2.38. The average Bonchev–Trinajstić information content (AvgIpc) is 1.85. The fraction of sp³-hybridized carbons (Fsp3) is 1.00. The Kier molecular flexibility index (Phi) is 1.46. The Hall–Kier alpha value is -0.0800. The van der Waals surface area contributed by atoms with Gasteiger partial charge in [0.1, 0.15) is 0 Å². The second-order valence-electron chi connectivity index (χ2n) is 3.62. The predicted molar refractivity (Wildman–Crippen MR) is 40.0 cm³/mol. The molecule has 10 heavy (non-hydrogen) atoms. The van der Waals surface area contributed by atoms with Gasteiger partial charge in [-0.15, -0.1) is 0 Å². The van der Waals surface area contributed by atoms with Crippen LogP contribution >= 0.6 is 0 Å². The van der Waals surface area contributed by atoms with Gasteiger partial charge in [0.15, 0.2) is 0 Å². The number of piperidine rings is 1. The van der Waals surface area contributed by atoms with Crippen molar-refractivity contribution in [1.82, 2.24) is 4.90 Å². The topological polar surface area (TPSA) is 12.5 Å². The highest BCUT2D eigenvalue weighted by Gasteiger charge is 2.40. The van der Waals surface area contributed by atoms with Gasteiger partial charge in [-0.1, -0.05) is 0 Å². The molecule has 2 aliphatic heterocycles. The molecule has 0 aromatic heterocycles. The van der Waals surface area contributed by atoms with Gasteiger partial charge in [0.05, 0.1) is 12.2 Å². The first-order valence-corrected chi connectivity index (χ1v) is 4.13. The van der Waals surface area contributed by atoms with Crippen LogP contribution in [0.15, 0.2) is 0 Å². The quantitative estimate of drug-likeness (QED) is 0.496. The van der Waals surface area contributed by atoms with Crippen molar-refractivity contribution >= 4 is 0 Å². The number of likely N-dealkylation sites (N-methyl/N-ethyl adjacent to an activating group) is 1. The van der Waals surface area contributed by atoms with Crippen molar-refractivity contribution in [3.8, 4) is 0 Å². The van der Waals surface area contributed by atoms with Gasteiger partial charge in [0.25, 0.3) is 0 Å². The van der Waals surface area contributed by atoms with Crippen LogP contribution in [-0.2, 0) is 4.74 Å². The summed E-state index contributed by atoms with van der Waals surface area (Å²) in [5.41, 5.74) is 0.299. The number of ether oxygens (including phenoxy) is 1. The summed E-state index contributed by atoms with van der Waals surface area (Å²) in [5, 5.41) is 0. The molecule has 0 unspecified atom stereocenters. The monoisotopic (exact) mass is 141 g/mol. The Morgan fingerprint density at radius 3 is 2.60 bits per heavy atom. The Bertz CT molecular complexity index is 131. The summed E-state index contributed by atoms with van der Waals surface area (Å²) in [7, 11) is 2.18. The Labute approximate surface area is 62.2 Å². The molecule has 2 aliphatic rings. The lowest BCUT2D eigenvalue weighted by Gasteiger charge is -2.47. The van der Waals surface area contributed by atoms with Crippen molar-refractivity contribution in [1.29, 1.82) is 0 Å². The average molecular weight is 141 g/mol. The summed E-state index contributed by atoms with van der Waals surface area (Å²) < 4.78 is 5.59. The van der Waals surface area contributed by atoms with E-state index in [2.05, 4.69) is 11.9 Å². The van der Waals surface area contributed by atoms with Crippen LogP contribution in [0.3, 0.4) is 0 Å². The van der Waals surface area contributed by atoms with Crippen molar-refractivity contribution in [3.63, 3.8) is 0 Å². The summed E-state index contributed by atoms with van der Waals surface area (Å²) in [6, 6.07) is 0. The first-order valence-electron chi connectivity index (χ1n) is 4.13. The van der Waals surface area contributed by atoms with Crippen molar-refractivity contribution in [2.75, 3.05) is 26.7 Å². The van der Waals surface area contributed by atoms with E-state index in [9.17, 15) is 0 Å². The van der Waals surface area contributed by atoms with Crippen LogP contribution in [0.4, 0.5) is 0 Å². The van der Waals surface area contributed by atoms with Crippen molar-refractivity contribution < 1.29 is 4.74 Å². The van der Waals surface area contributed by atoms with E-state index in [0.717, 1.165) is 13.2 Å². The summed E-state index contributed by atoms with van der Waals surface area (Å²) >= 11 is 0. The maximum Gasteiger partial charge on any atom is 0.0831 e. The van der Waals surface area contributed by atoms with E-state index in [1.165, 1.54) is 25.8 Å². The van der Waals surface area contributed by atoms with Gasteiger partial charge in [-0.25, -0.2) is 0 Å². The van der Waals surface area contributed by atoms with E-state index in [1.807, 2.05) is 0 Å². The van der Waals surface area contributed by atoms with Gasteiger partial charge in [-0.05, 0) is 26.4 Å². The number of hydrogen-bond acceptors (Lipinski definition) is 2. The molecule has 2 heterocycles. The van der Waals surface area contributed by atoms with Crippen molar-refractivity contribution in [2.45, 2.75) is 24.9 Å². The summed E-state index contributed by atoms with van der Waals surface area (Å²) in [6.45, 7) is 3.41. The van der Waals surface area contributed by atoms with Gasteiger partial charge in [-0.2, -0.15) is 0 Å². The van der Waals surface area contributed by atoms with Gasteiger partial charge < -0.3 is 9.64 Å². The molecule has 0 aromatic rings. The lowest BCUT2D eigenvalue weighted by molar-refractivity contribution is -0.173. The number of nitrogens with zero attached hydrogens (tertiary/aromatic N) is 1. The third kappa shape index (κ3) is 0.956. The summed E-state index contributed by atoms with van der Waals surface area (Å²) in [6.07, 6.45) is 3.89. The lowest BCUT2D eigenvalue weighted by atomic mass is 9.86. The van der Waals surface area contributed by atoms with Crippen LogP contribution in [-0.4, -0.2) is 37.2 Å². The van der Waals surface area contributed by atoms with E-state index in [-0.39, 0.29) is 0 Å². The van der Waals surface area contributed by atoms with Gasteiger partial charge >= 0.3 is 0 Å². The second-order valence-corrected chi connectivity index (χ2v) is 3.62. The molecule has 2 fully saturated rings. The largest absolute Gasteiger partial charge is 0.373 e. The van der Waals surface area contributed by atoms with Crippen LogP contribution in [0.2, 0.25) is 0 Å². The Morgan fingerprint density at radius 2 is 2.20 bits per heavy atom. The highest BCUT2D eigenvalue weighted by Crippen LogP contribution is 2.34. The highest BCUT2D eigenvalue weighted by molar-refractivity contribution is 4.92. The number of rotatable bonds is 0. The van der Waals surface area contributed by atoms with E-state index >= 15 is 0 Å². The number of likely N-dealkylation sites (tertiary alicyclic amines) is 1. The normalized spacial score (nSPS) is 41.7. The van der Waals surface area contributed by atoms with E-state index < -0.39 is 0 Å². The third-order valence-corrected chi connectivity index (χ3v) is 2.70. The van der Waals surface area contributed by atoms with Crippen molar-refractivity contribution in [2.24, 2.45) is 0 Å². The molecular formula is C8H15NO. The predicted octanol–water partition coefficient (Wildman–Crippen LogP) is 0.871. The van der Waals surface area contributed by atoms with Crippen LogP contribution in [0.1, 0.15) is 19.3 Å². The Morgan fingerprint density at radius 1 is 1.40 bits per heavy atom. The molecule has 2 rings (SSSR count). The fourth-order valence-corrected chi connectivity index (χ4v) is 2.03. The molecule has 58 valence electrons. The molecule has 0 aliphatic carbocycles. The maximum atomic E-state index is 5.59. The first kappa shape index (κ1) is 6.62. The van der Waals surface area contributed by atoms with Crippen LogP contribution in [0.25, 0.3) is 0 Å². The standard InChI is InChI=1S/C8H15NO/c1-9-5-2-3-8(7-9)4-6-10-8/h2-7H2,1H3/t8-/m0/s1. The second kappa shape index (κ2) is 2.21. The Balaban J connectivity index is 1.96. The molecule has 0 amide bonds. The molecular weight excluding hydrogens is 126 g/mol. The van der Waals surface area contributed by atoms with E-state index in [0.29, 0.717) is 5.60 Å². The van der Waals surface area contributed by atoms with Gasteiger partial charge in [0, 0.05) is 13.0 Å². The molecule has 1 spiro atoms. The minimum absolute atomic E-state index is 0.299. The van der Waals surface area contributed by atoms with E-state index in [1.54, 1.807) is 0 Å². The summed E-state index contributed by atoms with van der Waals surface area (Å²) in [5.74, 6) is 0. The zero-order valence-electron chi connectivity index (χ0n) is 6.60. The van der Waals surface area contributed by atoms with Gasteiger partial charge in [-0.3, -0.25) is 0 Å². The molecule has 2 nitrogen and oxygen atoms in total. The third-order valence-electron chi connectivity index (χ3n) is 2.70. The highest BCUT2D eigenvalue weighted by atomic mass is 16.5. The smallest absolute Gasteiger partial charge is 0.0831 e. The van der Waals surface area contributed by atoms with Crippen LogP contribution in [0, 0.1) is 0 Å². The molecule has 0 bridgehead atoms. The molecule has 0 aromatic carbocycles. The minimum Gasteiger partial charge on any atom is -0.373 e. The number of hydrogen-bond donors (Lipinski definition) is 0. The maximum absolute atomic E-state index is 5.59.